The molecule has 0 N–H and O–H groups in total. The maximum atomic E-state index is 6.49. The number of halogens is 2. The molecule has 1 unspecified atom stereocenters. The van der Waals surface area contributed by atoms with Gasteiger partial charge in [-0.3, -0.25) is 0 Å². The van der Waals surface area contributed by atoms with E-state index in [-0.39, 0.29) is 5.38 Å². The lowest BCUT2D eigenvalue weighted by Crippen LogP contribution is -2.01. The molecule has 0 saturated carbocycles. The number of hydrogen-bond acceptors (Lipinski definition) is 3. The predicted octanol–water partition coefficient (Wildman–Crippen LogP) is 4.08. The van der Waals surface area contributed by atoms with Gasteiger partial charge in [0.05, 0.1) is 12.5 Å². The lowest BCUT2D eigenvalue weighted by Gasteiger charge is -2.13. The molecule has 100 valence electrons. The molecule has 1 aromatic carbocycles. The second kappa shape index (κ2) is 6.35. The molecular weight excluding hydrogens is 328 g/mol. The van der Waals surface area contributed by atoms with Crippen molar-refractivity contribution >= 4 is 27.5 Å². The third kappa shape index (κ3) is 3.67. The van der Waals surface area contributed by atoms with E-state index in [9.17, 15) is 0 Å². The van der Waals surface area contributed by atoms with E-state index >= 15 is 0 Å². The molecular formula is C14H14BrClN2O. The standard InChI is InChI=1S/C14H14BrClN2O/c1-9-3-4-10(15)5-12(9)13(16)6-11-7-14(19-2)18-8-17-11/h3-5,7-8,13H,6H2,1-2H3. The zero-order chi connectivity index (χ0) is 13.8. The maximum Gasteiger partial charge on any atom is 0.216 e. The first kappa shape index (κ1) is 14.3. The fourth-order valence-corrected chi connectivity index (χ4v) is 2.61. The Morgan fingerprint density at radius 1 is 1.32 bits per heavy atom. The smallest absolute Gasteiger partial charge is 0.216 e. The van der Waals surface area contributed by atoms with Gasteiger partial charge in [0, 0.05) is 22.7 Å². The fourth-order valence-electron chi connectivity index (χ4n) is 1.84. The average Bonchev–Trinajstić information content (AvgIpc) is 2.41. The van der Waals surface area contributed by atoms with Gasteiger partial charge in [-0.25, -0.2) is 9.97 Å². The van der Waals surface area contributed by atoms with Gasteiger partial charge in [-0.1, -0.05) is 22.0 Å². The molecule has 0 aliphatic carbocycles. The summed E-state index contributed by atoms with van der Waals surface area (Å²) in [7, 11) is 1.59. The van der Waals surface area contributed by atoms with E-state index in [2.05, 4.69) is 38.9 Å². The van der Waals surface area contributed by atoms with Gasteiger partial charge in [0.25, 0.3) is 0 Å². The van der Waals surface area contributed by atoms with Gasteiger partial charge in [0.15, 0.2) is 0 Å². The van der Waals surface area contributed by atoms with Gasteiger partial charge in [0.1, 0.15) is 6.33 Å². The summed E-state index contributed by atoms with van der Waals surface area (Å²) in [5, 5.41) is -0.128. The van der Waals surface area contributed by atoms with Crippen molar-refractivity contribution < 1.29 is 4.74 Å². The first-order chi connectivity index (χ1) is 9.10. The van der Waals surface area contributed by atoms with E-state index in [1.807, 2.05) is 18.2 Å². The summed E-state index contributed by atoms with van der Waals surface area (Å²) >= 11 is 9.96. The summed E-state index contributed by atoms with van der Waals surface area (Å²) < 4.78 is 6.11. The highest BCUT2D eigenvalue weighted by Crippen LogP contribution is 2.29. The number of aromatic nitrogens is 2. The van der Waals surface area contributed by atoms with Crippen LogP contribution in [0.5, 0.6) is 5.88 Å². The quantitative estimate of drug-likeness (QED) is 0.786. The molecule has 0 amide bonds. The SMILES string of the molecule is COc1cc(CC(Cl)c2cc(Br)ccc2C)ncn1. The van der Waals surface area contributed by atoms with Crippen molar-refractivity contribution in [3.05, 3.63) is 51.9 Å². The Balaban J connectivity index is 2.20. The molecule has 0 fully saturated rings. The Morgan fingerprint density at radius 2 is 2.11 bits per heavy atom. The van der Waals surface area contributed by atoms with E-state index in [1.165, 1.54) is 11.9 Å². The van der Waals surface area contributed by atoms with E-state index in [0.717, 1.165) is 15.7 Å². The third-order valence-electron chi connectivity index (χ3n) is 2.87. The van der Waals surface area contributed by atoms with E-state index in [1.54, 1.807) is 7.11 Å². The lowest BCUT2D eigenvalue weighted by atomic mass is 10.0. The van der Waals surface area contributed by atoms with Crippen molar-refractivity contribution in [1.82, 2.24) is 9.97 Å². The monoisotopic (exact) mass is 340 g/mol. The highest BCUT2D eigenvalue weighted by molar-refractivity contribution is 9.10. The van der Waals surface area contributed by atoms with E-state index < -0.39 is 0 Å². The van der Waals surface area contributed by atoms with Gasteiger partial charge in [-0.05, 0) is 30.2 Å². The number of rotatable bonds is 4. The minimum absolute atomic E-state index is 0.128. The molecule has 1 heterocycles. The summed E-state index contributed by atoms with van der Waals surface area (Å²) in [4.78, 5) is 8.20. The number of hydrogen-bond donors (Lipinski definition) is 0. The van der Waals surface area contributed by atoms with Crippen molar-refractivity contribution in [1.29, 1.82) is 0 Å². The van der Waals surface area contributed by atoms with Crippen LogP contribution in [0.25, 0.3) is 0 Å². The second-order valence-electron chi connectivity index (χ2n) is 4.22. The van der Waals surface area contributed by atoms with Crippen molar-refractivity contribution in [2.75, 3.05) is 7.11 Å². The van der Waals surface area contributed by atoms with Gasteiger partial charge < -0.3 is 4.74 Å². The zero-order valence-corrected chi connectivity index (χ0v) is 13.1. The molecule has 0 saturated heterocycles. The van der Waals surface area contributed by atoms with Crippen LogP contribution < -0.4 is 4.74 Å². The Morgan fingerprint density at radius 3 is 2.84 bits per heavy atom. The summed E-state index contributed by atoms with van der Waals surface area (Å²) in [6.07, 6.45) is 2.13. The Hall–Kier alpha value is -1.13. The molecule has 2 rings (SSSR count). The van der Waals surface area contributed by atoms with Crippen LogP contribution in [0.2, 0.25) is 0 Å². The topological polar surface area (TPSA) is 35.0 Å². The van der Waals surface area contributed by atoms with Crippen LogP contribution in [-0.2, 0) is 6.42 Å². The number of alkyl halides is 1. The molecule has 1 atom stereocenters. The normalized spacial score (nSPS) is 12.2. The van der Waals surface area contributed by atoms with Crippen LogP contribution in [0.15, 0.2) is 35.1 Å². The van der Waals surface area contributed by atoms with Crippen LogP contribution in [0.3, 0.4) is 0 Å². The van der Waals surface area contributed by atoms with Crippen LogP contribution in [0, 0.1) is 6.92 Å². The van der Waals surface area contributed by atoms with Crippen molar-refractivity contribution in [2.24, 2.45) is 0 Å². The van der Waals surface area contributed by atoms with Crippen LogP contribution >= 0.6 is 27.5 Å². The zero-order valence-electron chi connectivity index (χ0n) is 10.7. The highest BCUT2D eigenvalue weighted by Gasteiger charge is 2.13. The largest absolute Gasteiger partial charge is 0.481 e. The minimum Gasteiger partial charge on any atom is -0.481 e. The number of methoxy groups -OCH3 is 1. The van der Waals surface area contributed by atoms with Crippen LogP contribution in [-0.4, -0.2) is 17.1 Å². The molecule has 0 spiro atoms. The summed E-state index contributed by atoms with van der Waals surface area (Å²) in [5.41, 5.74) is 3.14. The molecule has 3 nitrogen and oxygen atoms in total. The first-order valence-corrected chi connectivity index (χ1v) is 7.08. The molecule has 2 aromatic rings. The van der Waals surface area contributed by atoms with E-state index in [0.29, 0.717) is 12.3 Å². The number of aryl methyl sites for hydroxylation is 1. The predicted molar refractivity (Wildman–Crippen MR) is 79.8 cm³/mol. The summed E-state index contributed by atoms with van der Waals surface area (Å²) in [6.45, 7) is 2.05. The summed E-state index contributed by atoms with van der Waals surface area (Å²) in [6, 6.07) is 7.92. The molecule has 5 heteroatoms. The highest BCUT2D eigenvalue weighted by atomic mass is 79.9. The lowest BCUT2D eigenvalue weighted by molar-refractivity contribution is 0.396. The molecule has 0 aliphatic rings. The Bertz CT molecular complexity index is 577. The van der Waals surface area contributed by atoms with E-state index in [4.69, 9.17) is 16.3 Å². The molecule has 19 heavy (non-hydrogen) atoms. The number of benzene rings is 1. The molecule has 0 aliphatic heterocycles. The first-order valence-electron chi connectivity index (χ1n) is 5.85. The van der Waals surface area contributed by atoms with Crippen molar-refractivity contribution in [2.45, 2.75) is 18.7 Å². The molecule has 1 aromatic heterocycles. The molecule has 0 bridgehead atoms. The Labute approximate surface area is 126 Å². The van der Waals surface area contributed by atoms with Gasteiger partial charge in [-0.2, -0.15) is 0 Å². The van der Waals surface area contributed by atoms with Gasteiger partial charge >= 0.3 is 0 Å². The van der Waals surface area contributed by atoms with Gasteiger partial charge in [-0.15, -0.1) is 11.6 Å². The molecule has 0 radical (unpaired) electrons. The number of nitrogens with zero attached hydrogens (tertiary/aromatic N) is 2. The van der Waals surface area contributed by atoms with Crippen molar-refractivity contribution in [3.63, 3.8) is 0 Å². The fraction of sp³-hybridized carbons (Fsp3) is 0.286. The Kier molecular flexibility index (Phi) is 4.77. The summed E-state index contributed by atoms with van der Waals surface area (Å²) in [5.74, 6) is 0.555. The maximum absolute atomic E-state index is 6.49. The van der Waals surface area contributed by atoms with Crippen LogP contribution in [0.4, 0.5) is 0 Å². The second-order valence-corrected chi connectivity index (χ2v) is 5.67. The van der Waals surface area contributed by atoms with Crippen LogP contribution in [0.1, 0.15) is 22.2 Å². The third-order valence-corrected chi connectivity index (χ3v) is 3.76. The number of ether oxygens (including phenoxy) is 1. The van der Waals surface area contributed by atoms with Crippen molar-refractivity contribution in [3.8, 4) is 5.88 Å². The average molecular weight is 342 g/mol. The van der Waals surface area contributed by atoms with Gasteiger partial charge in [0.2, 0.25) is 5.88 Å². The minimum atomic E-state index is -0.128.